The molecule has 1 aromatic heterocycles. The zero-order valence-electron chi connectivity index (χ0n) is 7.43. The lowest BCUT2D eigenvalue weighted by Gasteiger charge is -2.11. The van der Waals surface area contributed by atoms with Gasteiger partial charge in [0.25, 0.3) is 6.43 Å². The molecule has 0 unspecified atom stereocenters. The standard InChI is InChI=1S/C8H9F2IN2O/c1-14-7-4(8(9)10)2-6(11)13-5(7)3-12/h2,8H,3,12H2,1H3. The van der Waals surface area contributed by atoms with E-state index in [-0.39, 0.29) is 17.9 Å². The third kappa shape index (κ3) is 2.30. The Morgan fingerprint density at radius 1 is 1.64 bits per heavy atom. The van der Waals surface area contributed by atoms with Crippen molar-refractivity contribution in [1.82, 2.24) is 4.98 Å². The summed E-state index contributed by atoms with van der Waals surface area (Å²) in [5, 5.41) is 0. The lowest BCUT2D eigenvalue weighted by atomic mass is 10.2. The second-order valence-corrected chi connectivity index (χ2v) is 3.62. The lowest BCUT2D eigenvalue weighted by molar-refractivity contribution is 0.146. The molecule has 2 N–H and O–H groups in total. The average Bonchev–Trinajstić information content (AvgIpc) is 2.16. The maximum atomic E-state index is 12.6. The van der Waals surface area contributed by atoms with Crippen LogP contribution in [0, 0.1) is 3.70 Å². The number of alkyl halides is 2. The second kappa shape index (κ2) is 4.83. The molecular formula is C8H9F2IN2O. The molecule has 0 aliphatic carbocycles. The van der Waals surface area contributed by atoms with Gasteiger partial charge in [0.2, 0.25) is 0 Å². The van der Waals surface area contributed by atoms with E-state index in [0.717, 1.165) is 0 Å². The van der Waals surface area contributed by atoms with Crippen LogP contribution in [0.5, 0.6) is 5.75 Å². The number of halogens is 3. The molecule has 1 heterocycles. The summed E-state index contributed by atoms with van der Waals surface area (Å²) in [6.45, 7) is 0.0831. The molecule has 0 saturated heterocycles. The number of aromatic nitrogens is 1. The Balaban J connectivity index is 3.31. The highest BCUT2D eigenvalue weighted by Gasteiger charge is 2.18. The lowest BCUT2D eigenvalue weighted by Crippen LogP contribution is -2.07. The first kappa shape index (κ1) is 11.6. The van der Waals surface area contributed by atoms with Crippen LogP contribution in [0.3, 0.4) is 0 Å². The van der Waals surface area contributed by atoms with Crippen molar-refractivity contribution in [3.63, 3.8) is 0 Å². The first-order valence-electron chi connectivity index (χ1n) is 3.81. The molecule has 78 valence electrons. The van der Waals surface area contributed by atoms with E-state index in [2.05, 4.69) is 4.98 Å². The van der Waals surface area contributed by atoms with Crippen molar-refractivity contribution in [2.24, 2.45) is 5.73 Å². The molecule has 1 aromatic rings. The Hall–Kier alpha value is -0.500. The number of nitrogens with zero attached hydrogens (tertiary/aromatic N) is 1. The Morgan fingerprint density at radius 3 is 2.71 bits per heavy atom. The van der Waals surface area contributed by atoms with Crippen molar-refractivity contribution in [3.8, 4) is 5.75 Å². The summed E-state index contributed by atoms with van der Waals surface area (Å²) < 4.78 is 30.5. The Bertz CT molecular complexity index is 333. The molecule has 0 aliphatic rings. The first-order valence-corrected chi connectivity index (χ1v) is 4.89. The van der Waals surface area contributed by atoms with E-state index in [0.29, 0.717) is 9.39 Å². The quantitative estimate of drug-likeness (QED) is 0.686. The normalized spacial score (nSPS) is 10.7. The van der Waals surface area contributed by atoms with E-state index in [1.54, 1.807) is 0 Å². The minimum atomic E-state index is -2.58. The van der Waals surface area contributed by atoms with Gasteiger partial charge < -0.3 is 10.5 Å². The summed E-state index contributed by atoms with van der Waals surface area (Å²) in [4.78, 5) is 4.01. The van der Waals surface area contributed by atoms with Crippen LogP contribution in [0.25, 0.3) is 0 Å². The highest BCUT2D eigenvalue weighted by Crippen LogP contribution is 2.31. The zero-order valence-corrected chi connectivity index (χ0v) is 9.59. The Kier molecular flexibility index (Phi) is 3.99. The number of ether oxygens (including phenoxy) is 1. The summed E-state index contributed by atoms with van der Waals surface area (Å²) in [5.41, 5.74) is 5.57. The van der Waals surface area contributed by atoms with Gasteiger partial charge in [-0.3, -0.25) is 0 Å². The first-order chi connectivity index (χ1) is 6.60. The fourth-order valence-electron chi connectivity index (χ4n) is 1.11. The van der Waals surface area contributed by atoms with Gasteiger partial charge in [0.05, 0.1) is 18.4 Å². The molecule has 0 aromatic carbocycles. The number of hydrogen-bond donors (Lipinski definition) is 1. The van der Waals surface area contributed by atoms with Crippen molar-refractivity contribution < 1.29 is 13.5 Å². The minimum Gasteiger partial charge on any atom is -0.494 e. The third-order valence-electron chi connectivity index (χ3n) is 1.67. The Labute approximate surface area is 93.8 Å². The van der Waals surface area contributed by atoms with Crippen LogP contribution in [0.1, 0.15) is 17.7 Å². The fraction of sp³-hybridized carbons (Fsp3) is 0.375. The van der Waals surface area contributed by atoms with Gasteiger partial charge in [-0.1, -0.05) is 0 Å². The number of hydrogen-bond acceptors (Lipinski definition) is 3. The topological polar surface area (TPSA) is 48.1 Å². The maximum Gasteiger partial charge on any atom is 0.267 e. The molecule has 0 amide bonds. The summed E-state index contributed by atoms with van der Waals surface area (Å²) >= 11 is 1.87. The third-order valence-corrected chi connectivity index (χ3v) is 2.23. The molecule has 0 aliphatic heterocycles. The number of methoxy groups -OCH3 is 1. The molecule has 14 heavy (non-hydrogen) atoms. The predicted octanol–water partition coefficient (Wildman–Crippen LogP) is 2.09. The maximum absolute atomic E-state index is 12.6. The zero-order chi connectivity index (χ0) is 10.7. The molecular weight excluding hydrogens is 305 g/mol. The van der Waals surface area contributed by atoms with Crippen LogP contribution in [0.4, 0.5) is 8.78 Å². The predicted molar refractivity (Wildman–Crippen MR) is 56.4 cm³/mol. The molecule has 0 bridgehead atoms. The van der Waals surface area contributed by atoms with Crippen LogP contribution in [-0.2, 0) is 6.54 Å². The summed E-state index contributed by atoms with van der Waals surface area (Å²) in [6, 6.07) is 1.29. The van der Waals surface area contributed by atoms with Crippen LogP contribution < -0.4 is 10.5 Å². The fourth-order valence-corrected chi connectivity index (χ4v) is 1.74. The largest absolute Gasteiger partial charge is 0.494 e. The van der Waals surface area contributed by atoms with E-state index in [4.69, 9.17) is 10.5 Å². The van der Waals surface area contributed by atoms with Crippen molar-refractivity contribution in [1.29, 1.82) is 0 Å². The second-order valence-electron chi connectivity index (χ2n) is 2.52. The van der Waals surface area contributed by atoms with Gasteiger partial charge in [-0.15, -0.1) is 0 Å². The SMILES string of the molecule is COc1c(C(F)F)cc(I)nc1CN. The van der Waals surface area contributed by atoms with Crippen molar-refractivity contribution in [3.05, 3.63) is 21.0 Å². The van der Waals surface area contributed by atoms with E-state index in [9.17, 15) is 8.78 Å². The van der Waals surface area contributed by atoms with Gasteiger partial charge >= 0.3 is 0 Å². The van der Waals surface area contributed by atoms with Crippen molar-refractivity contribution >= 4 is 22.6 Å². The highest BCUT2D eigenvalue weighted by molar-refractivity contribution is 14.1. The highest BCUT2D eigenvalue weighted by atomic mass is 127. The molecule has 6 heteroatoms. The van der Waals surface area contributed by atoms with Gasteiger partial charge in [-0.2, -0.15) is 0 Å². The molecule has 0 fully saturated rings. The summed E-state index contributed by atoms with van der Waals surface area (Å²) in [5.74, 6) is 0.0860. The number of pyridine rings is 1. The van der Waals surface area contributed by atoms with Gasteiger partial charge in [-0.05, 0) is 28.7 Å². The summed E-state index contributed by atoms with van der Waals surface area (Å²) in [7, 11) is 1.33. The molecule has 0 saturated carbocycles. The molecule has 0 atom stereocenters. The van der Waals surface area contributed by atoms with Gasteiger partial charge in [0.15, 0.2) is 5.75 Å². The number of rotatable bonds is 3. The smallest absolute Gasteiger partial charge is 0.267 e. The molecule has 0 spiro atoms. The molecule has 3 nitrogen and oxygen atoms in total. The van der Waals surface area contributed by atoms with Crippen molar-refractivity contribution in [2.75, 3.05) is 7.11 Å². The van der Waals surface area contributed by atoms with Gasteiger partial charge in [-0.25, -0.2) is 13.8 Å². The van der Waals surface area contributed by atoms with Crippen molar-refractivity contribution in [2.45, 2.75) is 13.0 Å². The van der Waals surface area contributed by atoms with Crippen LogP contribution >= 0.6 is 22.6 Å². The van der Waals surface area contributed by atoms with E-state index >= 15 is 0 Å². The summed E-state index contributed by atoms with van der Waals surface area (Å²) in [6.07, 6.45) is -2.58. The number of nitrogens with two attached hydrogens (primary N) is 1. The molecule has 1 rings (SSSR count). The van der Waals surface area contributed by atoms with E-state index in [1.807, 2.05) is 22.6 Å². The van der Waals surface area contributed by atoms with E-state index in [1.165, 1.54) is 13.2 Å². The van der Waals surface area contributed by atoms with Crippen LogP contribution in [-0.4, -0.2) is 12.1 Å². The van der Waals surface area contributed by atoms with Gasteiger partial charge in [0.1, 0.15) is 3.70 Å². The van der Waals surface area contributed by atoms with Crippen LogP contribution in [0.2, 0.25) is 0 Å². The Morgan fingerprint density at radius 2 is 2.29 bits per heavy atom. The minimum absolute atomic E-state index is 0.0831. The molecule has 0 radical (unpaired) electrons. The van der Waals surface area contributed by atoms with E-state index < -0.39 is 6.43 Å². The average molecular weight is 314 g/mol. The van der Waals surface area contributed by atoms with Gasteiger partial charge in [0, 0.05) is 6.54 Å². The monoisotopic (exact) mass is 314 g/mol. The van der Waals surface area contributed by atoms with Crippen LogP contribution in [0.15, 0.2) is 6.07 Å².